The SMILES string of the molecule is CC(C)(C)C(=O)C(Oc1ccc(Cl)cc1)c1ccccc1. The lowest BCUT2D eigenvalue weighted by molar-refractivity contribution is -0.133. The minimum atomic E-state index is -0.618. The Morgan fingerprint density at radius 2 is 1.57 bits per heavy atom. The highest BCUT2D eigenvalue weighted by atomic mass is 35.5. The Morgan fingerprint density at radius 3 is 2.10 bits per heavy atom. The molecule has 0 aliphatic carbocycles. The number of carbonyl (C=O) groups excluding carboxylic acids is 1. The van der Waals surface area contributed by atoms with Crippen LogP contribution >= 0.6 is 11.6 Å². The molecule has 110 valence electrons. The van der Waals surface area contributed by atoms with Gasteiger partial charge in [0.05, 0.1) is 0 Å². The molecule has 0 fully saturated rings. The molecule has 1 atom stereocenters. The van der Waals surface area contributed by atoms with Gasteiger partial charge in [0, 0.05) is 10.4 Å². The van der Waals surface area contributed by atoms with E-state index in [0.717, 1.165) is 5.56 Å². The summed E-state index contributed by atoms with van der Waals surface area (Å²) in [5, 5.41) is 0.640. The van der Waals surface area contributed by atoms with Gasteiger partial charge < -0.3 is 4.74 Å². The van der Waals surface area contributed by atoms with Crippen molar-refractivity contribution in [1.29, 1.82) is 0 Å². The maximum atomic E-state index is 12.7. The lowest BCUT2D eigenvalue weighted by atomic mass is 9.85. The van der Waals surface area contributed by atoms with Gasteiger partial charge in [-0.3, -0.25) is 4.79 Å². The Labute approximate surface area is 130 Å². The molecule has 0 N–H and O–H groups in total. The third kappa shape index (κ3) is 4.08. The fourth-order valence-electron chi connectivity index (χ4n) is 1.94. The van der Waals surface area contributed by atoms with E-state index < -0.39 is 11.5 Å². The van der Waals surface area contributed by atoms with Gasteiger partial charge >= 0.3 is 0 Å². The van der Waals surface area contributed by atoms with Crippen LogP contribution in [-0.4, -0.2) is 5.78 Å². The standard InChI is InChI=1S/C18H19ClO2/c1-18(2,3)17(20)16(13-7-5-4-6-8-13)21-15-11-9-14(19)10-12-15/h4-12,16H,1-3H3. The summed E-state index contributed by atoms with van der Waals surface area (Å²) < 4.78 is 5.94. The van der Waals surface area contributed by atoms with Crippen LogP contribution in [0.3, 0.4) is 0 Å². The van der Waals surface area contributed by atoms with E-state index in [0.29, 0.717) is 10.8 Å². The molecule has 0 aromatic heterocycles. The van der Waals surface area contributed by atoms with Crippen molar-refractivity contribution >= 4 is 17.4 Å². The van der Waals surface area contributed by atoms with Crippen LogP contribution in [0.15, 0.2) is 54.6 Å². The number of ether oxygens (including phenoxy) is 1. The van der Waals surface area contributed by atoms with E-state index in [1.165, 1.54) is 0 Å². The molecule has 2 rings (SSSR count). The molecule has 0 amide bonds. The van der Waals surface area contributed by atoms with Gasteiger partial charge in [0.15, 0.2) is 11.9 Å². The number of ketones is 1. The summed E-state index contributed by atoms with van der Waals surface area (Å²) in [4.78, 5) is 12.7. The van der Waals surface area contributed by atoms with Gasteiger partial charge in [0.1, 0.15) is 5.75 Å². The molecule has 21 heavy (non-hydrogen) atoms. The molecular weight excluding hydrogens is 284 g/mol. The molecular formula is C18H19ClO2. The van der Waals surface area contributed by atoms with Crippen molar-refractivity contribution < 1.29 is 9.53 Å². The van der Waals surface area contributed by atoms with Crippen LogP contribution in [0.2, 0.25) is 5.02 Å². The Morgan fingerprint density at radius 1 is 1.00 bits per heavy atom. The number of carbonyl (C=O) groups is 1. The van der Waals surface area contributed by atoms with Crippen molar-refractivity contribution in [2.24, 2.45) is 5.41 Å². The van der Waals surface area contributed by atoms with Crippen LogP contribution in [0, 0.1) is 5.41 Å². The van der Waals surface area contributed by atoms with Gasteiger partial charge in [-0.25, -0.2) is 0 Å². The predicted octanol–water partition coefficient (Wildman–Crippen LogP) is 5.08. The highest BCUT2D eigenvalue weighted by molar-refractivity contribution is 6.30. The van der Waals surface area contributed by atoms with Crippen LogP contribution in [0.5, 0.6) is 5.75 Å². The first-order valence-corrected chi connectivity index (χ1v) is 7.27. The molecule has 2 aromatic carbocycles. The molecule has 0 saturated carbocycles. The normalized spacial score (nSPS) is 12.8. The van der Waals surface area contributed by atoms with E-state index in [9.17, 15) is 4.79 Å². The number of hydrogen-bond acceptors (Lipinski definition) is 2. The van der Waals surface area contributed by atoms with E-state index in [1.807, 2.05) is 51.1 Å². The van der Waals surface area contributed by atoms with E-state index in [-0.39, 0.29) is 5.78 Å². The lowest BCUT2D eigenvalue weighted by Crippen LogP contribution is -2.30. The zero-order valence-electron chi connectivity index (χ0n) is 12.5. The van der Waals surface area contributed by atoms with Crippen LogP contribution in [0.1, 0.15) is 32.4 Å². The molecule has 0 heterocycles. The molecule has 2 nitrogen and oxygen atoms in total. The minimum Gasteiger partial charge on any atom is -0.478 e. The van der Waals surface area contributed by atoms with Gasteiger partial charge in [-0.05, 0) is 29.8 Å². The maximum absolute atomic E-state index is 12.7. The summed E-state index contributed by atoms with van der Waals surface area (Å²) in [6, 6.07) is 16.6. The second-order valence-corrected chi connectivity index (χ2v) is 6.41. The van der Waals surface area contributed by atoms with Crippen molar-refractivity contribution in [2.45, 2.75) is 26.9 Å². The number of halogens is 1. The minimum absolute atomic E-state index is 0.0450. The average Bonchev–Trinajstić information content (AvgIpc) is 2.46. The highest BCUT2D eigenvalue weighted by Crippen LogP contribution is 2.30. The second-order valence-electron chi connectivity index (χ2n) is 5.98. The molecule has 0 radical (unpaired) electrons. The van der Waals surface area contributed by atoms with Gasteiger partial charge in [-0.2, -0.15) is 0 Å². The molecule has 0 spiro atoms. The number of benzene rings is 2. The Kier molecular flexibility index (Phi) is 4.69. The van der Waals surface area contributed by atoms with Crippen molar-refractivity contribution in [3.05, 3.63) is 65.2 Å². The van der Waals surface area contributed by atoms with E-state index in [2.05, 4.69) is 0 Å². The maximum Gasteiger partial charge on any atom is 0.183 e. The van der Waals surface area contributed by atoms with Crippen LogP contribution in [0.4, 0.5) is 0 Å². The van der Waals surface area contributed by atoms with Gasteiger partial charge in [-0.15, -0.1) is 0 Å². The fourth-order valence-corrected chi connectivity index (χ4v) is 2.07. The fraction of sp³-hybridized carbons (Fsp3) is 0.278. The Bertz CT molecular complexity index is 597. The third-order valence-corrected chi connectivity index (χ3v) is 3.40. The van der Waals surface area contributed by atoms with Crippen LogP contribution in [0.25, 0.3) is 0 Å². The van der Waals surface area contributed by atoms with E-state index in [4.69, 9.17) is 16.3 Å². The van der Waals surface area contributed by atoms with Crippen molar-refractivity contribution in [1.82, 2.24) is 0 Å². The lowest BCUT2D eigenvalue weighted by Gasteiger charge is -2.25. The summed E-state index contributed by atoms with van der Waals surface area (Å²) >= 11 is 5.88. The largest absolute Gasteiger partial charge is 0.478 e. The first kappa shape index (κ1) is 15.6. The Hall–Kier alpha value is -1.80. The monoisotopic (exact) mass is 302 g/mol. The molecule has 1 unspecified atom stereocenters. The quantitative estimate of drug-likeness (QED) is 0.787. The summed E-state index contributed by atoms with van der Waals surface area (Å²) in [7, 11) is 0. The Balaban J connectivity index is 2.32. The zero-order chi connectivity index (χ0) is 15.5. The molecule has 0 saturated heterocycles. The summed E-state index contributed by atoms with van der Waals surface area (Å²) in [6.07, 6.45) is -0.618. The van der Waals surface area contributed by atoms with Gasteiger partial charge in [-0.1, -0.05) is 62.7 Å². The van der Waals surface area contributed by atoms with Gasteiger partial charge in [0.2, 0.25) is 0 Å². The van der Waals surface area contributed by atoms with Crippen LogP contribution < -0.4 is 4.74 Å². The van der Waals surface area contributed by atoms with E-state index >= 15 is 0 Å². The van der Waals surface area contributed by atoms with Crippen molar-refractivity contribution in [2.75, 3.05) is 0 Å². The first-order chi connectivity index (χ1) is 9.88. The predicted molar refractivity (Wildman–Crippen MR) is 85.7 cm³/mol. The van der Waals surface area contributed by atoms with Crippen molar-refractivity contribution in [3.8, 4) is 5.75 Å². The van der Waals surface area contributed by atoms with E-state index in [1.54, 1.807) is 24.3 Å². The highest BCUT2D eigenvalue weighted by Gasteiger charge is 2.32. The molecule has 2 aromatic rings. The zero-order valence-corrected chi connectivity index (χ0v) is 13.2. The number of Topliss-reactive ketones (excluding diaryl/α,β-unsaturated/α-hetero) is 1. The molecule has 0 aliphatic heterocycles. The summed E-state index contributed by atoms with van der Waals surface area (Å²) in [6.45, 7) is 5.70. The topological polar surface area (TPSA) is 26.3 Å². The van der Waals surface area contributed by atoms with Crippen LogP contribution in [-0.2, 0) is 4.79 Å². The summed E-state index contributed by atoms with van der Waals surface area (Å²) in [5.74, 6) is 0.675. The first-order valence-electron chi connectivity index (χ1n) is 6.89. The summed E-state index contributed by atoms with van der Waals surface area (Å²) in [5.41, 5.74) is 0.375. The number of rotatable bonds is 4. The molecule has 3 heteroatoms. The molecule has 0 aliphatic rings. The number of hydrogen-bond donors (Lipinski definition) is 0. The smallest absolute Gasteiger partial charge is 0.183 e. The molecule has 0 bridgehead atoms. The second kappa shape index (κ2) is 6.31. The van der Waals surface area contributed by atoms with Crippen molar-refractivity contribution in [3.63, 3.8) is 0 Å². The van der Waals surface area contributed by atoms with Gasteiger partial charge in [0.25, 0.3) is 0 Å². The third-order valence-electron chi connectivity index (χ3n) is 3.15. The average molecular weight is 303 g/mol.